The van der Waals surface area contributed by atoms with Gasteiger partial charge in [-0.05, 0) is 24.7 Å². The predicted octanol–water partition coefficient (Wildman–Crippen LogP) is 1.60. The van der Waals surface area contributed by atoms with E-state index in [0.29, 0.717) is 12.6 Å². The minimum Gasteiger partial charge on any atom is -0.481 e. The van der Waals surface area contributed by atoms with E-state index in [1.807, 2.05) is 0 Å². The molecule has 1 aliphatic carbocycles. The molecule has 0 aromatic rings. The van der Waals surface area contributed by atoms with E-state index < -0.39 is 5.97 Å². The van der Waals surface area contributed by atoms with Gasteiger partial charge in [-0.15, -0.1) is 0 Å². The average molecular weight is 241 g/mol. The van der Waals surface area contributed by atoms with Crippen molar-refractivity contribution in [2.45, 2.75) is 45.3 Å². The number of nitrogens with zero attached hydrogens (tertiary/aromatic N) is 1. The molecule has 98 valence electrons. The third kappa shape index (κ3) is 3.19. The molecular formula is C13H23NO3. The van der Waals surface area contributed by atoms with E-state index >= 15 is 0 Å². The lowest BCUT2D eigenvalue weighted by molar-refractivity contribution is -0.143. The van der Waals surface area contributed by atoms with Crippen LogP contribution >= 0.6 is 0 Å². The lowest BCUT2D eigenvalue weighted by Gasteiger charge is -2.47. The smallest absolute Gasteiger partial charge is 0.306 e. The quantitative estimate of drug-likeness (QED) is 0.812. The van der Waals surface area contributed by atoms with Crippen molar-refractivity contribution in [3.63, 3.8) is 0 Å². The molecule has 0 bridgehead atoms. The number of morpholine rings is 1. The molecule has 2 aliphatic rings. The molecule has 0 aromatic carbocycles. The molecule has 0 spiro atoms. The van der Waals surface area contributed by atoms with Crippen molar-refractivity contribution in [3.8, 4) is 0 Å². The van der Waals surface area contributed by atoms with Gasteiger partial charge in [-0.1, -0.05) is 13.8 Å². The van der Waals surface area contributed by atoms with Gasteiger partial charge in [-0.25, -0.2) is 0 Å². The lowest BCUT2D eigenvalue weighted by Crippen LogP contribution is -2.53. The van der Waals surface area contributed by atoms with Gasteiger partial charge < -0.3 is 9.84 Å². The van der Waals surface area contributed by atoms with Crippen molar-refractivity contribution in [3.05, 3.63) is 0 Å². The molecule has 4 heteroatoms. The van der Waals surface area contributed by atoms with Crippen LogP contribution in [0, 0.1) is 11.8 Å². The van der Waals surface area contributed by atoms with Crippen LogP contribution in [-0.2, 0) is 9.53 Å². The maximum atomic E-state index is 10.7. The maximum absolute atomic E-state index is 10.7. The van der Waals surface area contributed by atoms with Gasteiger partial charge in [0.05, 0.1) is 19.1 Å². The Morgan fingerprint density at radius 2 is 2.18 bits per heavy atom. The van der Waals surface area contributed by atoms with Gasteiger partial charge in [0.15, 0.2) is 0 Å². The Kier molecular flexibility index (Phi) is 4.05. The Labute approximate surface area is 103 Å². The topological polar surface area (TPSA) is 49.8 Å². The summed E-state index contributed by atoms with van der Waals surface area (Å²) in [6.45, 7) is 7.01. The highest BCUT2D eigenvalue weighted by Gasteiger charge is 2.37. The highest BCUT2D eigenvalue weighted by molar-refractivity contribution is 5.67. The second-order valence-corrected chi connectivity index (χ2v) is 5.71. The molecule has 1 saturated heterocycles. The number of carbonyl (C=O) groups is 1. The van der Waals surface area contributed by atoms with Crippen LogP contribution in [0.15, 0.2) is 0 Å². The Hall–Kier alpha value is -0.610. The lowest BCUT2D eigenvalue weighted by atomic mass is 9.73. The van der Waals surface area contributed by atoms with E-state index in [1.54, 1.807) is 0 Å². The molecule has 17 heavy (non-hydrogen) atoms. The summed E-state index contributed by atoms with van der Waals surface area (Å²) in [6.07, 6.45) is 2.57. The largest absolute Gasteiger partial charge is 0.481 e. The molecule has 1 saturated carbocycles. The van der Waals surface area contributed by atoms with E-state index in [-0.39, 0.29) is 12.5 Å². The number of hydrogen-bond donors (Lipinski definition) is 1. The molecule has 0 aromatic heterocycles. The summed E-state index contributed by atoms with van der Waals surface area (Å²) >= 11 is 0. The summed E-state index contributed by atoms with van der Waals surface area (Å²) < 4.78 is 5.49. The van der Waals surface area contributed by atoms with Gasteiger partial charge in [0, 0.05) is 19.1 Å². The Morgan fingerprint density at radius 1 is 1.47 bits per heavy atom. The Bertz CT molecular complexity index is 274. The standard InChI is InChI=1S/C13H23NO3/c1-9(2)10-5-11(6-10)14-3-4-17-12(8-14)7-13(15)16/h9-12H,3-8H2,1-2H3,(H,15,16). The maximum Gasteiger partial charge on any atom is 0.306 e. The van der Waals surface area contributed by atoms with Crippen molar-refractivity contribution in [2.75, 3.05) is 19.7 Å². The molecule has 4 nitrogen and oxygen atoms in total. The third-order valence-electron chi connectivity index (χ3n) is 4.18. The van der Waals surface area contributed by atoms with Crippen LogP contribution in [0.2, 0.25) is 0 Å². The predicted molar refractivity (Wildman–Crippen MR) is 64.9 cm³/mol. The number of rotatable bonds is 4. The zero-order valence-electron chi connectivity index (χ0n) is 10.8. The Morgan fingerprint density at radius 3 is 2.76 bits per heavy atom. The van der Waals surface area contributed by atoms with Gasteiger partial charge in [-0.3, -0.25) is 9.69 Å². The second-order valence-electron chi connectivity index (χ2n) is 5.71. The van der Waals surface area contributed by atoms with E-state index in [9.17, 15) is 4.79 Å². The van der Waals surface area contributed by atoms with E-state index in [1.165, 1.54) is 12.8 Å². The molecule has 1 aliphatic heterocycles. The van der Waals surface area contributed by atoms with Gasteiger partial charge >= 0.3 is 5.97 Å². The monoisotopic (exact) mass is 241 g/mol. The SMILES string of the molecule is CC(C)C1CC(N2CCOC(CC(=O)O)C2)C1. The zero-order valence-corrected chi connectivity index (χ0v) is 10.8. The van der Waals surface area contributed by atoms with Crippen LogP contribution in [0.3, 0.4) is 0 Å². The highest BCUT2D eigenvalue weighted by atomic mass is 16.5. The first-order valence-electron chi connectivity index (χ1n) is 6.63. The van der Waals surface area contributed by atoms with Gasteiger partial charge in [0.2, 0.25) is 0 Å². The van der Waals surface area contributed by atoms with Crippen molar-refractivity contribution in [1.82, 2.24) is 4.90 Å². The summed E-state index contributed by atoms with van der Waals surface area (Å²) in [5.41, 5.74) is 0. The summed E-state index contributed by atoms with van der Waals surface area (Å²) in [5.74, 6) is 0.883. The Balaban J connectivity index is 1.77. The van der Waals surface area contributed by atoms with Crippen molar-refractivity contribution < 1.29 is 14.6 Å². The first-order chi connectivity index (χ1) is 8.06. The highest BCUT2D eigenvalue weighted by Crippen LogP contribution is 2.37. The van der Waals surface area contributed by atoms with Crippen molar-refractivity contribution >= 4 is 5.97 Å². The van der Waals surface area contributed by atoms with Crippen LogP contribution < -0.4 is 0 Å². The average Bonchev–Trinajstić information content (AvgIpc) is 2.13. The molecule has 1 atom stereocenters. The minimum atomic E-state index is -0.759. The minimum absolute atomic E-state index is 0.112. The van der Waals surface area contributed by atoms with Crippen LogP contribution in [0.4, 0.5) is 0 Å². The zero-order chi connectivity index (χ0) is 12.4. The second kappa shape index (κ2) is 5.36. The molecule has 1 N–H and O–H groups in total. The summed E-state index contributed by atoms with van der Waals surface area (Å²) in [4.78, 5) is 13.1. The molecule has 0 amide bonds. The summed E-state index contributed by atoms with van der Waals surface area (Å²) in [7, 11) is 0. The summed E-state index contributed by atoms with van der Waals surface area (Å²) in [5, 5.41) is 8.78. The fourth-order valence-corrected chi connectivity index (χ4v) is 2.86. The van der Waals surface area contributed by atoms with Crippen molar-refractivity contribution in [1.29, 1.82) is 0 Å². The molecule has 1 heterocycles. The van der Waals surface area contributed by atoms with E-state index in [2.05, 4.69) is 18.7 Å². The van der Waals surface area contributed by atoms with Gasteiger partial charge in [-0.2, -0.15) is 0 Å². The van der Waals surface area contributed by atoms with Gasteiger partial charge in [0.25, 0.3) is 0 Å². The third-order valence-corrected chi connectivity index (χ3v) is 4.18. The van der Waals surface area contributed by atoms with Crippen LogP contribution in [-0.4, -0.2) is 47.8 Å². The number of aliphatic carboxylic acids is 1. The van der Waals surface area contributed by atoms with Gasteiger partial charge in [0.1, 0.15) is 0 Å². The van der Waals surface area contributed by atoms with Crippen LogP contribution in [0.5, 0.6) is 0 Å². The number of carboxylic acids is 1. The fourth-order valence-electron chi connectivity index (χ4n) is 2.86. The first-order valence-corrected chi connectivity index (χ1v) is 6.63. The number of hydrogen-bond acceptors (Lipinski definition) is 3. The molecular weight excluding hydrogens is 218 g/mol. The van der Waals surface area contributed by atoms with Crippen LogP contribution in [0.1, 0.15) is 33.1 Å². The van der Waals surface area contributed by atoms with Crippen molar-refractivity contribution in [2.24, 2.45) is 11.8 Å². The molecule has 2 rings (SSSR count). The molecule has 2 fully saturated rings. The van der Waals surface area contributed by atoms with Crippen LogP contribution in [0.25, 0.3) is 0 Å². The molecule has 0 radical (unpaired) electrons. The number of carboxylic acid groups (broad SMARTS) is 1. The fraction of sp³-hybridized carbons (Fsp3) is 0.923. The first kappa shape index (κ1) is 12.8. The van der Waals surface area contributed by atoms with E-state index in [4.69, 9.17) is 9.84 Å². The normalized spacial score (nSPS) is 34.6. The van der Waals surface area contributed by atoms with E-state index in [0.717, 1.165) is 24.9 Å². The molecule has 1 unspecified atom stereocenters. The summed E-state index contributed by atoms with van der Waals surface area (Å²) in [6, 6.07) is 0.669. The number of ether oxygens (including phenoxy) is 1.